The van der Waals surface area contributed by atoms with Gasteiger partial charge < -0.3 is 53.9 Å². The Morgan fingerprint density at radius 3 is 0.730 bits per heavy atom. The van der Waals surface area contributed by atoms with Crippen LogP contribution in [0, 0.1) is 154 Å². The van der Waals surface area contributed by atoms with Gasteiger partial charge in [0, 0.05) is 140 Å². The first-order valence-corrected chi connectivity index (χ1v) is 62.5. The molecule has 22 bridgehead atoms. The predicted octanol–water partition coefficient (Wildman–Crippen LogP) is 31.8. The monoisotopic (exact) mass is 1930 g/mol. The van der Waals surface area contributed by atoms with E-state index >= 15 is 0 Å². The summed E-state index contributed by atoms with van der Waals surface area (Å²) >= 11 is 0. The Balaban J connectivity index is 0.000000739. The lowest BCUT2D eigenvalue weighted by atomic mass is 9.63. The van der Waals surface area contributed by atoms with Gasteiger partial charge in [0.1, 0.15) is 0 Å². The quantitative estimate of drug-likeness (QED) is 0.233. The van der Waals surface area contributed by atoms with Crippen LogP contribution in [-0.2, 0) is 0 Å². The molecule has 0 N–H and O–H groups in total. The molecule has 26 unspecified atom stereocenters. The number of rotatable bonds is 0. The molecule has 25 fully saturated rings. The van der Waals surface area contributed by atoms with E-state index in [-0.39, 0.29) is 0 Å². The SMILES string of the molecule is CC.CC.CC.CC.CC.CC.CC.CC.CC.CC.CC.CC1C2CC1CN(C)C2.CC1C2CCC1CN(C)C2.CC1CC2CC(C1)CN(C)C2.CC1CC2CC(C1)N(C)C2.CC1CC2CC1CN(C)C2.CC1CC2CC1CN2C.CC1CC2CCC(C1)CN(C)C2.CC1CC2CCC(C1)N2C.CC1CC2CCC1CN2C.CC1CC2CCCC(C1)CN(C)C2.CC1CC2CCCC(C1)N2C. The molecule has 0 radical (unpaired) electrons. The molecule has 9 saturated carbocycles. The molecule has 11 nitrogen and oxygen atoms in total. The maximum absolute atomic E-state index is 2.63. The summed E-state index contributed by atoms with van der Waals surface area (Å²) in [4.78, 5) is 28.0. The molecular formula is C126H263N11. The van der Waals surface area contributed by atoms with Crippen molar-refractivity contribution in [2.24, 2.45) is 154 Å². The van der Waals surface area contributed by atoms with E-state index in [1.807, 2.05) is 152 Å². The minimum absolute atomic E-state index is 0.928. The summed E-state index contributed by atoms with van der Waals surface area (Å²) in [6, 6.07) is 6.55. The predicted molar refractivity (Wildman–Crippen MR) is 620 cm³/mol. The average molecular weight is 1930 g/mol. The fraction of sp³-hybridized carbons (Fsp3) is 1.00. The highest BCUT2D eigenvalue weighted by Crippen LogP contribution is 2.48. The van der Waals surface area contributed by atoms with Crippen LogP contribution in [0.1, 0.15) is 447 Å². The van der Waals surface area contributed by atoms with Crippen molar-refractivity contribution < 1.29 is 0 Å². The highest BCUT2D eigenvalue weighted by molar-refractivity contribution is 4.99. The Hall–Kier alpha value is -0.440. The largest absolute Gasteiger partial charge is 0.306 e. The third-order valence-electron chi connectivity index (χ3n) is 37.4. The maximum Gasteiger partial charge on any atom is 0.00982 e. The Morgan fingerprint density at radius 1 is 0.146 bits per heavy atom. The normalized spacial score (nSPS) is 39.9. The molecule has 16 heterocycles. The third-order valence-corrected chi connectivity index (χ3v) is 37.4. The molecule has 11 heteroatoms. The summed E-state index contributed by atoms with van der Waals surface area (Å²) in [7, 11) is 25.1. The highest BCUT2D eigenvalue weighted by atomic mass is 15.2. The second kappa shape index (κ2) is 75.3. The minimum Gasteiger partial charge on any atom is -0.306 e. The van der Waals surface area contributed by atoms with Gasteiger partial charge in [-0.2, -0.15) is 0 Å². The molecule has 137 heavy (non-hydrogen) atoms. The van der Waals surface area contributed by atoms with E-state index in [2.05, 4.69) is 208 Å². The van der Waals surface area contributed by atoms with Crippen molar-refractivity contribution in [2.45, 2.75) is 489 Å². The van der Waals surface area contributed by atoms with Gasteiger partial charge in [-0.1, -0.05) is 241 Å². The fourth-order valence-electron chi connectivity index (χ4n) is 31.1. The first kappa shape index (κ1) is 135. The first-order chi connectivity index (χ1) is 65.8. The second-order valence-corrected chi connectivity index (χ2v) is 48.5. The molecule has 25 rings (SSSR count). The highest BCUT2D eigenvalue weighted by Gasteiger charge is 2.46. The molecule has 16 saturated heterocycles. The van der Waals surface area contributed by atoms with Crippen molar-refractivity contribution in [3.8, 4) is 0 Å². The molecule has 26 atom stereocenters. The zero-order valence-corrected chi connectivity index (χ0v) is 103. The molecular weight excluding hydrogens is 1670 g/mol. The smallest absolute Gasteiger partial charge is 0.00982 e. The van der Waals surface area contributed by atoms with E-state index in [9.17, 15) is 0 Å². The number of hydrogen-bond acceptors (Lipinski definition) is 11. The van der Waals surface area contributed by atoms with E-state index in [1.165, 1.54) is 316 Å². The van der Waals surface area contributed by atoms with E-state index in [1.54, 1.807) is 0 Å². The zero-order chi connectivity index (χ0) is 104. The molecule has 25 aliphatic rings. The first-order valence-electron chi connectivity index (χ1n) is 62.5. The van der Waals surface area contributed by atoms with Crippen LogP contribution in [-0.4, -0.2) is 272 Å². The Labute approximate surface area is 867 Å². The van der Waals surface area contributed by atoms with Gasteiger partial charge in [0.2, 0.25) is 0 Å². The lowest BCUT2D eigenvalue weighted by molar-refractivity contribution is -0.0212. The molecule has 822 valence electrons. The molecule has 0 aromatic carbocycles. The number of piperidine rings is 11. The lowest BCUT2D eigenvalue weighted by Crippen LogP contribution is -2.52. The molecule has 0 aromatic heterocycles. The Kier molecular flexibility index (Phi) is 74.0. The average Bonchev–Trinajstić information content (AvgIpc) is 1.76. The molecule has 0 spiro atoms. The van der Waals surface area contributed by atoms with Crippen molar-refractivity contribution in [1.29, 1.82) is 0 Å². The van der Waals surface area contributed by atoms with Gasteiger partial charge in [-0.05, 0) is 437 Å². The van der Waals surface area contributed by atoms with Gasteiger partial charge in [0.05, 0.1) is 0 Å². The van der Waals surface area contributed by atoms with Crippen LogP contribution >= 0.6 is 0 Å². The second-order valence-electron chi connectivity index (χ2n) is 48.5. The standard InChI is InChI=1S/C12H23N.C11H21N.2C10H19N.5C9H17N.2C8H15N.11C2H6/c1-10-6-11-4-3-5-12(7-10)9-13(2)8-11;1-9-5-10-3-4-11(6-9)8-12(2)7-10;1-8-3-9-5-10(4-8)7-11(2)6-9;1-8-6-9-4-3-5-10(7-8)11(9)2;1-7-3-8-4-9(7)6-10(2)5-8;1-7-3-8-5-9(4-7)10(2)6-8;1-7-8-3-4-9(7)6-10(2)5-8;1-7-5-9-4-3-8(7)6-10(9)2;1-7-5-8-3-4-9(6-7)10(8)2;1-6-7-3-8(6)5-9(2)4-7;1-6-3-8-4-7(6)5-9(8)2;11*1-2/h10-12H,3-9H2,1-2H3;9-11H,3-8H2,1-2H3;2*8-10H,3-7H2,1-2H3;5*7-9H,3-6H2,1-2H3;2*6-8H,3-5H2,1-2H3;11*1-2H3. The van der Waals surface area contributed by atoms with Gasteiger partial charge in [0.15, 0.2) is 0 Å². The number of nitrogens with zero attached hydrogens (tertiary/aromatic N) is 11. The van der Waals surface area contributed by atoms with Crippen LogP contribution in [0.4, 0.5) is 0 Å². The van der Waals surface area contributed by atoms with Crippen LogP contribution in [0.2, 0.25) is 0 Å². The zero-order valence-electron chi connectivity index (χ0n) is 103. The summed E-state index contributed by atoms with van der Waals surface area (Å²) in [6.45, 7) is 91.1. The van der Waals surface area contributed by atoms with E-state index in [0.717, 1.165) is 196 Å². The number of hydrogen-bond donors (Lipinski definition) is 0. The number of likely N-dealkylation sites (tertiary alicyclic amines) is 6. The van der Waals surface area contributed by atoms with Gasteiger partial charge in [-0.3, -0.25) is 0 Å². The van der Waals surface area contributed by atoms with Crippen molar-refractivity contribution in [2.75, 3.05) is 176 Å². The van der Waals surface area contributed by atoms with Crippen LogP contribution < -0.4 is 0 Å². The van der Waals surface area contributed by atoms with Gasteiger partial charge in [-0.25, -0.2) is 0 Å². The van der Waals surface area contributed by atoms with Crippen molar-refractivity contribution in [3.63, 3.8) is 0 Å². The van der Waals surface area contributed by atoms with Gasteiger partial charge in [0.25, 0.3) is 0 Å². The van der Waals surface area contributed by atoms with E-state index in [0.29, 0.717) is 0 Å². The van der Waals surface area contributed by atoms with Gasteiger partial charge >= 0.3 is 0 Å². The van der Waals surface area contributed by atoms with Crippen LogP contribution in [0.3, 0.4) is 0 Å². The van der Waals surface area contributed by atoms with Crippen LogP contribution in [0.15, 0.2) is 0 Å². The summed E-state index contributed by atoms with van der Waals surface area (Å²) in [6.07, 6.45) is 50.4. The maximum atomic E-state index is 2.63. The molecule has 0 aromatic rings. The summed E-state index contributed by atoms with van der Waals surface area (Å²) in [5.74, 6) is 26.5. The van der Waals surface area contributed by atoms with Crippen LogP contribution in [0.5, 0.6) is 0 Å². The number of fused-ring (bicyclic) bond motifs is 28. The van der Waals surface area contributed by atoms with E-state index < -0.39 is 0 Å². The molecule has 0 amide bonds. The summed E-state index contributed by atoms with van der Waals surface area (Å²) < 4.78 is 0. The summed E-state index contributed by atoms with van der Waals surface area (Å²) in [5.41, 5.74) is 0. The van der Waals surface area contributed by atoms with Crippen molar-refractivity contribution in [1.82, 2.24) is 53.9 Å². The topological polar surface area (TPSA) is 35.6 Å². The minimum atomic E-state index is 0.928. The Morgan fingerprint density at radius 2 is 0.394 bits per heavy atom. The van der Waals surface area contributed by atoms with Crippen molar-refractivity contribution >= 4 is 0 Å². The van der Waals surface area contributed by atoms with E-state index in [4.69, 9.17) is 0 Å². The van der Waals surface area contributed by atoms with Crippen LogP contribution in [0.25, 0.3) is 0 Å². The van der Waals surface area contributed by atoms with Gasteiger partial charge in [-0.15, -0.1) is 0 Å². The lowest BCUT2D eigenvalue weighted by Gasteiger charge is -2.51. The van der Waals surface area contributed by atoms with Crippen molar-refractivity contribution in [3.05, 3.63) is 0 Å². The summed E-state index contributed by atoms with van der Waals surface area (Å²) in [5, 5.41) is 0. The molecule has 16 aliphatic heterocycles. The molecule has 9 aliphatic carbocycles. The Bertz CT molecular complexity index is 2490. The third kappa shape index (κ3) is 46.7. The fourth-order valence-corrected chi connectivity index (χ4v) is 31.1.